The molecule has 4 rings (SSSR count). The molecule has 0 radical (unpaired) electrons. The zero-order valence-electron chi connectivity index (χ0n) is 17.7. The van der Waals surface area contributed by atoms with Crippen LogP contribution in [0, 0.1) is 13.8 Å². The van der Waals surface area contributed by atoms with Crippen molar-refractivity contribution in [3.8, 4) is 0 Å². The molecular weight excluding hydrogens is 418 g/mol. The molecule has 1 fully saturated rings. The highest BCUT2D eigenvalue weighted by Gasteiger charge is 2.31. The van der Waals surface area contributed by atoms with E-state index in [1.807, 2.05) is 13.0 Å². The molecule has 0 aliphatic carbocycles. The van der Waals surface area contributed by atoms with E-state index >= 15 is 0 Å². The van der Waals surface area contributed by atoms with Crippen LogP contribution < -0.4 is 10.3 Å². The number of fused-ring (bicyclic) bond motifs is 1. The number of rotatable bonds is 5. The van der Waals surface area contributed by atoms with Crippen molar-refractivity contribution >= 4 is 28.5 Å². The SMILES string of the molecule is COS(=O)Nc1ccccc1C(=O)N1CCCC[C@H]1c1cc2nc(C)c(C)c(=O)n2[nH]1. The van der Waals surface area contributed by atoms with E-state index < -0.39 is 11.3 Å². The summed E-state index contributed by atoms with van der Waals surface area (Å²) in [7, 11) is 1.32. The number of benzene rings is 1. The van der Waals surface area contributed by atoms with Crippen molar-refractivity contribution in [3.05, 3.63) is 63.2 Å². The van der Waals surface area contributed by atoms with Crippen LogP contribution in [0.2, 0.25) is 0 Å². The molecule has 0 bridgehead atoms. The second-order valence-corrected chi connectivity index (χ2v) is 8.60. The third-order valence-corrected chi connectivity index (χ3v) is 6.42. The summed E-state index contributed by atoms with van der Waals surface area (Å²) in [6.45, 7) is 4.15. The summed E-state index contributed by atoms with van der Waals surface area (Å²) in [5.74, 6) is -0.174. The first-order chi connectivity index (χ1) is 14.9. The van der Waals surface area contributed by atoms with Gasteiger partial charge < -0.3 is 4.90 Å². The number of aryl methyl sites for hydroxylation is 1. The first kappa shape index (κ1) is 21.3. The highest BCUT2D eigenvalue weighted by Crippen LogP contribution is 2.33. The monoisotopic (exact) mass is 443 g/mol. The molecule has 1 unspecified atom stereocenters. The van der Waals surface area contributed by atoms with E-state index in [1.165, 1.54) is 11.6 Å². The molecule has 3 aromatic rings. The predicted octanol–water partition coefficient (Wildman–Crippen LogP) is 2.64. The minimum Gasteiger partial charge on any atom is -0.330 e. The van der Waals surface area contributed by atoms with Gasteiger partial charge in [0.05, 0.1) is 30.1 Å². The minimum absolute atomic E-state index is 0.140. The number of H-pyrrole nitrogens is 1. The number of para-hydroxylation sites is 1. The second-order valence-electron chi connectivity index (χ2n) is 7.59. The van der Waals surface area contributed by atoms with Gasteiger partial charge in [-0.15, -0.1) is 0 Å². The van der Waals surface area contributed by atoms with Gasteiger partial charge in [0.2, 0.25) is 0 Å². The standard InChI is InChI=1S/C21H25N5O4S/c1-13-14(2)22-19-12-17(23-26(19)20(13)27)18-10-6-7-11-25(18)21(28)15-8-4-5-9-16(15)24-31(29)30-3/h4-5,8-9,12,18,23-24H,6-7,10-11H2,1-3H3/t18-,31?/m0/s1. The first-order valence-electron chi connectivity index (χ1n) is 10.1. The molecule has 31 heavy (non-hydrogen) atoms. The van der Waals surface area contributed by atoms with E-state index in [4.69, 9.17) is 4.18 Å². The van der Waals surface area contributed by atoms with Crippen molar-refractivity contribution in [2.24, 2.45) is 0 Å². The molecule has 2 atom stereocenters. The lowest BCUT2D eigenvalue weighted by Gasteiger charge is -2.35. The van der Waals surface area contributed by atoms with Crippen LogP contribution >= 0.6 is 0 Å². The normalized spacial score (nSPS) is 17.6. The number of nitrogens with one attached hydrogen (secondary N) is 2. The van der Waals surface area contributed by atoms with Crippen molar-refractivity contribution in [2.75, 3.05) is 18.4 Å². The lowest BCUT2D eigenvalue weighted by Crippen LogP contribution is -2.39. The summed E-state index contributed by atoms with van der Waals surface area (Å²) in [5, 5.41) is 3.16. The molecule has 9 nitrogen and oxygen atoms in total. The van der Waals surface area contributed by atoms with Crippen LogP contribution in [-0.2, 0) is 15.4 Å². The summed E-state index contributed by atoms with van der Waals surface area (Å²) in [5.41, 5.74) is 3.31. The summed E-state index contributed by atoms with van der Waals surface area (Å²) in [4.78, 5) is 32.4. The van der Waals surface area contributed by atoms with Crippen LogP contribution in [-0.4, -0.2) is 43.3 Å². The molecular formula is C21H25N5O4S. The highest BCUT2D eigenvalue weighted by molar-refractivity contribution is 7.81. The lowest BCUT2D eigenvalue weighted by molar-refractivity contribution is 0.0607. The largest absolute Gasteiger partial charge is 0.330 e. The average Bonchev–Trinajstić information content (AvgIpc) is 3.21. The Balaban J connectivity index is 1.71. The fourth-order valence-electron chi connectivity index (χ4n) is 3.95. The molecule has 0 saturated carbocycles. The molecule has 1 saturated heterocycles. The Morgan fingerprint density at radius 2 is 2.06 bits per heavy atom. The van der Waals surface area contributed by atoms with Crippen molar-refractivity contribution < 1.29 is 13.2 Å². The molecule has 1 aromatic carbocycles. The Kier molecular flexibility index (Phi) is 5.92. The number of carbonyl (C=O) groups excluding carboxylic acids is 1. The number of carbonyl (C=O) groups is 1. The van der Waals surface area contributed by atoms with Gasteiger partial charge in [-0.2, -0.15) is 0 Å². The van der Waals surface area contributed by atoms with E-state index in [9.17, 15) is 13.8 Å². The third-order valence-electron chi connectivity index (χ3n) is 5.73. The zero-order chi connectivity index (χ0) is 22.1. The smallest absolute Gasteiger partial charge is 0.275 e. The van der Waals surface area contributed by atoms with Gasteiger partial charge in [-0.1, -0.05) is 12.1 Å². The zero-order valence-corrected chi connectivity index (χ0v) is 18.5. The van der Waals surface area contributed by atoms with Gasteiger partial charge in [-0.3, -0.25) is 23.6 Å². The Bertz CT molecular complexity index is 1220. The number of amides is 1. The number of hydrogen-bond donors (Lipinski definition) is 2. The maximum atomic E-state index is 13.5. The number of nitrogens with zero attached hydrogens (tertiary/aromatic N) is 3. The van der Waals surface area contributed by atoms with Crippen LogP contribution in [0.3, 0.4) is 0 Å². The van der Waals surface area contributed by atoms with E-state index in [0.717, 1.165) is 25.0 Å². The van der Waals surface area contributed by atoms with Crippen LogP contribution in [0.4, 0.5) is 5.69 Å². The maximum absolute atomic E-state index is 13.5. The van der Waals surface area contributed by atoms with Crippen LogP contribution in [0.5, 0.6) is 0 Å². The number of likely N-dealkylation sites (tertiary alicyclic amines) is 1. The van der Waals surface area contributed by atoms with E-state index in [0.29, 0.717) is 34.7 Å². The molecule has 2 N–H and O–H groups in total. The average molecular weight is 444 g/mol. The molecule has 0 spiro atoms. The summed E-state index contributed by atoms with van der Waals surface area (Å²) in [6, 6.07) is 8.55. The fraction of sp³-hybridized carbons (Fsp3) is 0.381. The second kappa shape index (κ2) is 8.64. The van der Waals surface area contributed by atoms with E-state index in [2.05, 4.69) is 14.8 Å². The summed E-state index contributed by atoms with van der Waals surface area (Å²) < 4.78 is 20.7. The van der Waals surface area contributed by atoms with E-state index in [1.54, 1.807) is 36.1 Å². The van der Waals surface area contributed by atoms with Gasteiger partial charge in [-0.05, 0) is 45.2 Å². The molecule has 10 heteroatoms. The van der Waals surface area contributed by atoms with Crippen LogP contribution in [0.15, 0.2) is 35.1 Å². The number of aromatic nitrogens is 3. The first-order valence-corrected chi connectivity index (χ1v) is 11.2. The van der Waals surface area contributed by atoms with Gasteiger partial charge >= 0.3 is 0 Å². The molecule has 1 aliphatic heterocycles. The van der Waals surface area contributed by atoms with Gasteiger partial charge in [0.1, 0.15) is 0 Å². The van der Waals surface area contributed by atoms with Gasteiger partial charge in [-0.25, -0.2) is 13.7 Å². The lowest BCUT2D eigenvalue weighted by atomic mass is 9.98. The number of piperidine rings is 1. The van der Waals surface area contributed by atoms with Gasteiger partial charge in [0.15, 0.2) is 5.65 Å². The third kappa shape index (κ3) is 4.00. The Labute approximate surface area is 182 Å². The number of hydrogen-bond acceptors (Lipinski definition) is 5. The quantitative estimate of drug-likeness (QED) is 0.630. The van der Waals surface area contributed by atoms with Gasteiger partial charge in [0.25, 0.3) is 22.7 Å². The molecule has 2 aromatic heterocycles. The fourth-order valence-corrected chi connectivity index (χ4v) is 4.39. The summed E-state index contributed by atoms with van der Waals surface area (Å²) >= 11 is -1.75. The Morgan fingerprint density at radius 1 is 1.29 bits per heavy atom. The van der Waals surface area contributed by atoms with Crippen molar-refractivity contribution in [1.29, 1.82) is 0 Å². The van der Waals surface area contributed by atoms with Crippen molar-refractivity contribution in [1.82, 2.24) is 19.5 Å². The Morgan fingerprint density at radius 3 is 2.84 bits per heavy atom. The van der Waals surface area contributed by atoms with E-state index in [-0.39, 0.29) is 17.5 Å². The Hall–Kier alpha value is -2.98. The number of aromatic amines is 1. The molecule has 3 heterocycles. The van der Waals surface area contributed by atoms with Crippen LogP contribution in [0.25, 0.3) is 5.65 Å². The topological polar surface area (TPSA) is 109 Å². The highest BCUT2D eigenvalue weighted by atomic mass is 32.2. The molecule has 1 amide bonds. The van der Waals surface area contributed by atoms with Crippen LogP contribution in [0.1, 0.15) is 52.6 Å². The minimum atomic E-state index is -1.75. The maximum Gasteiger partial charge on any atom is 0.275 e. The predicted molar refractivity (Wildman–Crippen MR) is 118 cm³/mol. The van der Waals surface area contributed by atoms with Crippen molar-refractivity contribution in [3.63, 3.8) is 0 Å². The molecule has 1 aliphatic rings. The van der Waals surface area contributed by atoms with Crippen molar-refractivity contribution in [2.45, 2.75) is 39.2 Å². The number of anilines is 1. The molecule has 164 valence electrons. The van der Waals surface area contributed by atoms with Gasteiger partial charge in [0, 0.05) is 23.9 Å². The summed E-state index contributed by atoms with van der Waals surface area (Å²) in [6.07, 6.45) is 2.63.